The first-order valence-corrected chi connectivity index (χ1v) is 10.7. The number of nitrogens with zero attached hydrogens (tertiary/aromatic N) is 3. The highest BCUT2D eigenvalue weighted by Gasteiger charge is 2.23. The minimum atomic E-state index is -0.852. The highest BCUT2D eigenvalue weighted by molar-refractivity contribution is 7.16. The van der Waals surface area contributed by atoms with Gasteiger partial charge in [0.05, 0.1) is 16.9 Å². The van der Waals surface area contributed by atoms with E-state index < -0.39 is 6.16 Å². The Balaban J connectivity index is 1.79. The molecule has 0 bridgehead atoms. The lowest BCUT2D eigenvalue weighted by Crippen LogP contribution is -2.27. The maximum absolute atomic E-state index is 11.7. The van der Waals surface area contributed by atoms with Gasteiger partial charge in [-0.25, -0.2) is 14.8 Å². The zero-order chi connectivity index (χ0) is 22.7. The quantitative estimate of drug-likeness (QED) is 0.344. The number of methoxy groups -OCH3 is 1. The minimum absolute atomic E-state index is 0.0724. The summed E-state index contributed by atoms with van der Waals surface area (Å²) in [5.41, 5.74) is 1.86. The third-order valence-electron chi connectivity index (χ3n) is 4.29. The van der Waals surface area contributed by atoms with E-state index in [0.29, 0.717) is 5.65 Å². The number of aromatic nitrogens is 3. The number of hydrogen-bond donors (Lipinski definition) is 1. The normalized spacial score (nSPS) is 11.0. The van der Waals surface area contributed by atoms with Gasteiger partial charge in [-0.1, -0.05) is 30.0 Å². The summed E-state index contributed by atoms with van der Waals surface area (Å²) < 4.78 is 11.6. The van der Waals surface area contributed by atoms with Gasteiger partial charge in [-0.15, -0.1) is 11.3 Å². The van der Waals surface area contributed by atoms with Gasteiger partial charge in [-0.2, -0.15) is 0 Å². The maximum atomic E-state index is 11.7. The lowest BCUT2D eigenvalue weighted by molar-refractivity contribution is 0.120. The molecule has 0 atom stereocenters. The molecule has 4 aromatic rings. The number of fused-ring (bicyclic) bond motifs is 1. The molecule has 7 nitrogen and oxygen atoms in total. The van der Waals surface area contributed by atoms with Gasteiger partial charge in [0.2, 0.25) is 5.65 Å². The van der Waals surface area contributed by atoms with Crippen LogP contribution in [0.15, 0.2) is 54.9 Å². The fourth-order valence-corrected chi connectivity index (χ4v) is 3.83. The van der Waals surface area contributed by atoms with Crippen molar-refractivity contribution in [2.75, 3.05) is 12.4 Å². The minimum Gasteiger partial charge on any atom is -0.437 e. The van der Waals surface area contributed by atoms with Crippen LogP contribution in [0.3, 0.4) is 0 Å². The molecule has 0 saturated carbocycles. The van der Waals surface area contributed by atoms with Crippen LogP contribution in [0.1, 0.15) is 31.2 Å². The third kappa shape index (κ3) is 4.74. The lowest BCUT2D eigenvalue weighted by Gasteiger charge is -2.22. The van der Waals surface area contributed by atoms with Crippen LogP contribution in [-0.2, 0) is 4.74 Å². The number of rotatable bonds is 3. The van der Waals surface area contributed by atoms with E-state index in [1.165, 1.54) is 7.11 Å². The predicted molar refractivity (Wildman–Crippen MR) is 125 cm³/mol. The molecule has 1 N–H and O–H groups in total. The Labute approximate surface area is 190 Å². The smallest absolute Gasteiger partial charge is 0.437 e. The first-order valence-electron chi connectivity index (χ1n) is 9.92. The molecule has 8 heteroatoms. The number of hydrogen-bond acceptors (Lipinski definition) is 7. The van der Waals surface area contributed by atoms with Gasteiger partial charge >= 0.3 is 6.16 Å². The fourth-order valence-electron chi connectivity index (χ4n) is 2.98. The first-order chi connectivity index (χ1) is 15.3. The largest absolute Gasteiger partial charge is 0.515 e. The molecule has 162 valence electrons. The molecule has 1 aromatic carbocycles. The Bertz CT molecular complexity index is 1320. The number of nitrogens with one attached hydrogen (secondary N) is 1. The number of carbonyl (C=O) groups is 1. The predicted octanol–water partition coefficient (Wildman–Crippen LogP) is 5.21. The number of anilines is 1. The Morgan fingerprint density at radius 3 is 2.62 bits per heavy atom. The van der Waals surface area contributed by atoms with Crippen LogP contribution in [0.4, 0.5) is 10.6 Å². The maximum Gasteiger partial charge on any atom is 0.515 e. The second-order valence-corrected chi connectivity index (χ2v) is 9.03. The van der Waals surface area contributed by atoms with Gasteiger partial charge in [-0.3, -0.25) is 4.40 Å². The van der Waals surface area contributed by atoms with Crippen molar-refractivity contribution in [3.8, 4) is 28.3 Å². The van der Waals surface area contributed by atoms with E-state index in [4.69, 9.17) is 9.72 Å². The van der Waals surface area contributed by atoms with Gasteiger partial charge in [0.15, 0.2) is 0 Å². The van der Waals surface area contributed by atoms with Crippen molar-refractivity contribution in [1.82, 2.24) is 14.4 Å². The molecule has 0 radical (unpaired) electrons. The van der Waals surface area contributed by atoms with Crippen LogP contribution >= 0.6 is 11.3 Å². The van der Waals surface area contributed by atoms with Crippen LogP contribution in [0, 0.1) is 11.8 Å². The molecule has 32 heavy (non-hydrogen) atoms. The van der Waals surface area contributed by atoms with Crippen molar-refractivity contribution in [3.63, 3.8) is 0 Å². The van der Waals surface area contributed by atoms with Crippen LogP contribution in [0.25, 0.3) is 16.2 Å². The monoisotopic (exact) mass is 446 g/mol. The van der Waals surface area contributed by atoms with Gasteiger partial charge in [0, 0.05) is 23.5 Å². The molecule has 0 fully saturated rings. The Morgan fingerprint density at radius 2 is 1.91 bits per heavy atom. The molecule has 3 aromatic heterocycles. The highest BCUT2D eigenvalue weighted by Crippen LogP contribution is 2.36. The van der Waals surface area contributed by atoms with Crippen LogP contribution < -0.4 is 10.1 Å². The Hall–Kier alpha value is -3.83. The zero-order valence-corrected chi connectivity index (χ0v) is 19.0. The van der Waals surface area contributed by atoms with E-state index in [2.05, 4.69) is 47.6 Å². The van der Waals surface area contributed by atoms with E-state index in [-0.39, 0.29) is 11.4 Å². The summed E-state index contributed by atoms with van der Waals surface area (Å²) in [6.07, 6.45) is 2.47. The average molecular weight is 447 g/mol. The number of ether oxygens (including phenoxy) is 2. The van der Waals surface area contributed by atoms with Gasteiger partial charge in [0.25, 0.3) is 5.88 Å². The fraction of sp³-hybridized carbons (Fsp3) is 0.208. The molecule has 0 aliphatic carbocycles. The van der Waals surface area contributed by atoms with Crippen molar-refractivity contribution in [2.45, 2.75) is 26.3 Å². The number of benzene rings is 1. The average Bonchev–Trinajstić information content (AvgIpc) is 3.37. The Kier molecular flexibility index (Phi) is 5.84. The summed E-state index contributed by atoms with van der Waals surface area (Å²) in [5.74, 6) is 7.24. The van der Waals surface area contributed by atoms with Crippen molar-refractivity contribution in [3.05, 3.63) is 65.3 Å². The molecule has 0 saturated heterocycles. The second-order valence-electron chi connectivity index (χ2n) is 7.95. The van der Waals surface area contributed by atoms with Crippen LogP contribution in [0.5, 0.6) is 5.88 Å². The third-order valence-corrected chi connectivity index (χ3v) is 5.30. The number of thiophene rings is 1. The van der Waals surface area contributed by atoms with E-state index in [1.807, 2.05) is 46.9 Å². The van der Waals surface area contributed by atoms with Gasteiger partial charge in [0.1, 0.15) is 11.5 Å². The van der Waals surface area contributed by atoms with Crippen LogP contribution in [-0.4, -0.2) is 33.2 Å². The molecule has 0 amide bonds. The molecular weight excluding hydrogens is 424 g/mol. The van der Waals surface area contributed by atoms with Crippen molar-refractivity contribution in [1.29, 1.82) is 0 Å². The van der Waals surface area contributed by atoms with Gasteiger partial charge < -0.3 is 14.8 Å². The summed E-state index contributed by atoms with van der Waals surface area (Å²) in [5, 5.41) is 3.50. The molecular formula is C24H22N4O3S. The molecule has 0 aliphatic heterocycles. The molecule has 0 spiro atoms. The molecule has 3 heterocycles. The first kappa shape index (κ1) is 21.4. The molecule has 4 rings (SSSR count). The number of imidazole rings is 1. The summed E-state index contributed by atoms with van der Waals surface area (Å²) >= 11 is 1.54. The summed E-state index contributed by atoms with van der Waals surface area (Å²) in [4.78, 5) is 22.4. The van der Waals surface area contributed by atoms with E-state index in [9.17, 15) is 4.79 Å². The Morgan fingerprint density at radius 1 is 1.12 bits per heavy atom. The number of carbonyl (C=O) groups excluding carboxylic acids is 1. The van der Waals surface area contributed by atoms with Gasteiger partial charge in [-0.05, 0) is 45.0 Å². The highest BCUT2D eigenvalue weighted by atomic mass is 32.1. The van der Waals surface area contributed by atoms with E-state index in [0.717, 1.165) is 26.8 Å². The summed E-state index contributed by atoms with van der Waals surface area (Å²) in [6.45, 7) is 6.19. The van der Waals surface area contributed by atoms with Crippen molar-refractivity contribution in [2.24, 2.45) is 0 Å². The van der Waals surface area contributed by atoms with Crippen LogP contribution in [0.2, 0.25) is 0 Å². The van der Waals surface area contributed by atoms with Crippen molar-refractivity contribution >= 4 is 29.0 Å². The molecule has 0 aliphatic rings. The summed E-state index contributed by atoms with van der Waals surface area (Å²) in [6, 6.07) is 13.8. The molecule has 0 unspecified atom stereocenters. The summed E-state index contributed by atoms with van der Waals surface area (Å²) in [7, 11) is 1.25. The SMILES string of the molecule is COC(=O)Oc1nccn2c(NC(C)(C)C)c(-c3ccc(C#Cc4ccccc4)s3)nc12. The van der Waals surface area contributed by atoms with E-state index >= 15 is 0 Å². The standard InChI is InChI=1S/C24H22N4O3S/c1-24(2,3)27-20-19(26-21-22(31-23(29)30-4)25-14-15-28(20)21)18-13-12-17(32-18)11-10-16-8-6-5-7-9-16/h5-9,12-15,27H,1-4H3. The van der Waals surface area contributed by atoms with Crippen molar-refractivity contribution < 1.29 is 14.3 Å². The van der Waals surface area contributed by atoms with E-state index in [1.54, 1.807) is 23.7 Å². The second kappa shape index (κ2) is 8.73. The lowest BCUT2D eigenvalue weighted by atomic mass is 10.1. The topological polar surface area (TPSA) is 77.8 Å². The zero-order valence-electron chi connectivity index (χ0n) is 18.2.